The van der Waals surface area contributed by atoms with Crippen LogP contribution in [0.5, 0.6) is 0 Å². The van der Waals surface area contributed by atoms with E-state index in [2.05, 4.69) is 52.8 Å². The maximum absolute atomic E-state index is 2.21. The topological polar surface area (TPSA) is 0 Å². The highest BCUT2D eigenvalue weighted by atomic mass is 14.0. The summed E-state index contributed by atoms with van der Waals surface area (Å²) in [6.45, 7) is 10.7. The summed E-state index contributed by atoms with van der Waals surface area (Å²) >= 11 is 0. The Balaban J connectivity index is 4.71. The summed E-state index contributed by atoms with van der Waals surface area (Å²) in [7, 11) is 0. The van der Waals surface area contributed by atoms with E-state index in [1.807, 2.05) is 0 Å². The van der Waals surface area contributed by atoms with E-state index < -0.39 is 0 Å². The van der Waals surface area contributed by atoms with Crippen LogP contribution >= 0.6 is 0 Å². The summed E-state index contributed by atoms with van der Waals surface area (Å²) in [5.41, 5.74) is 4.12. The van der Waals surface area contributed by atoms with E-state index in [1.54, 1.807) is 0 Å². The van der Waals surface area contributed by atoms with Gasteiger partial charge in [-0.05, 0) is 45.3 Å². The molecule has 0 aromatic heterocycles. The van der Waals surface area contributed by atoms with Crippen molar-refractivity contribution in [1.82, 2.24) is 0 Å². The fraction of sp³-hybridized carbons (Fsp3) is 0.500. The molecule has 0 aliphatic heterocycles. The first kappa shape index (κ1) is 11.2. The van der Waals surface area contributed by atoms with Crippen LogP contribution in [-0.4, -0.2) is 0 Å². The third-order valence-electron chi connectivity index (χ3n) is 1.92. The van der Waals surface area contributed by atoms with Crippen molar-refractivity contribution in [2.24, 2.45) is 0 Å². The predicted molar refractivity (Wildman–Crippen MR) is 57.2 cm³/mol. The molecular weight excluding hydrogens is 144 g/mol. The number of hydrogen-bond acceptors (Lipinski definition) is 0. The standard InChI is InChI=1S/C12H20/c1-6-8-9-12(10(3)4)11(5)7-2/h7-9H,6H2,1-5H3/b9-8-,11-7-. The van der Waals surface area contributed by atoms with Gasteiger partial charge in [0.05, 0.1) is 0 Å². The first-order chi connectivity index (χ1) is 5.63. The van der Waals surface area contributed by atoms with Crippen LogP contribution in [0.4, 0.5) is 0 Å². The zero-order valence-corrected chi connectivity index (χ0v) is 8.94. The fourth-order valence-electron chi connectivity index (χ4n) is 1.08. The van der Waals surface area contributed by atoms with Crippen molar-refractivity contribution in [3.05, 3.63) is 34.9 Å². The molecular formula is C12H20. The molecule has 0 spiro atoms. The summed E-state index contributed by atoms with van der Waals surface area (Å²) in [4.78, 5) is 0. The molecule has 0 amide bonds. The molecule has 0 rings (SSSR count). The van der Waals surface area contributed by atoms with Crippen LogP contribution in [0.25, 0.3) is 0 Å². The number of allylic oxidation sites excluding steroid dienone is 6. The predicted octanol–water partition coefficient (Wildman–Crippen LogP) is 4.26. The second-order valence-corrected chi connectivity index (χ2v) is 3.20. The largest absolute Gasteiger partial charge is 0.0842 e. The molecule has 0 radical (unpaired) electrons. The van der Waals surface area contributed by atoms with Gasteiger partial charge >= 0.3 is 0 Å². The smallest absolute Gasteiger partial charge is 0.0247 e. The number of hydrogen-bond donors (Lipinski definition) is 0. The molecule has 0 heterocycles. The Kier molecular flexibility index (Phi) is 5.44. The van der Waals surface area contributed by atoms with Crippen molar-refractivity contribution < 1.29 is 0 Å². The molecule has 0 nitrogen and oxygen atoms in total. The van der Waals surface area contributed by atoms with E-state index in [1.165, 1.54) is 16.7 Å². The molecule has 0 atom stereocenters. The number of rotatable bonds is 3. The van der Waals surface area contributed by atoms with Gasteiger partial charge in [0.25, 0.3) is 0 Å². The fourth-order valence-corrected chi connectivity index (χ4v) is 1.08. The van der Waals surface area contributed by atoms with Crippen molar-refractivity contribution in [3.63, 3.8) is 0 Å². The molecule has 0 aliphatic rings. The second kappa shape index (κ2) is 5.82. The summed E-state index contributed by atoms with van der Waals surface area (Å²) < 4.78 is 0. The maximum Gasteiger partial charge on any atom is -0.0247 e. The van der Waals surface area contributed by atoms with E-state index in [-0.39, 0.29) is 0 Å². The molecule has 0 unspecified atom stereocenters. The van der Waals surface area contributed by atoms with Crippen LogP contribution in [0.2, 0.25) is 0 Å². The van der Waals surface area contributed by atoms with Crippen molar-refractivity contribution in [1.29, 1.82) is 0 Å². The van der Waals surface area contributed by atoms with E-state index in [9.17, 15) is 0 Å². The summed E-state index contributed by atoms with van der Waals surface area (Å²) in [6, 6.07) is 0. The van der Waals surface area contributed by atoms with E-state index in [4.69, 9.17) is 0 Å². The van der Waals surface area contributed by atoms with Crippen molar-refractivity contribution in [2.45, 2.75) is 41.0 Å². The molecule has 68 valence electrons. The van der Waals surface area contributed by atoms with Gasteiger partial charge in [-0.2, -0.15) is 0 Å². The summed E-state index contributed by atoms with van der Waals surface area (Å²) in [6.07, 6.45) is 7.68. The van der Waals surface area contributed by atoms with Gasteiger partial charge in [-0.25, -0.2) is 0 Å². The minimum Gasteiger partial charge on any atom is -0.0842 e. The Bertz CT molecular complexity index is 210. The molecule has 0 bridgehead atoms. The third kappa shape index (κ3) is 3.56. The SMILES string of the molecule is C/C=C(/C)C(/C=C\CC)=C(C)C. The lowest BCUT2D eigenvalue weighted by molar-refractivity contribution is 1.20. The Morgan fingerprint density at radius 3 is 2.08 bits per heavy atom. The highest BCUT2D eigenvalue weighted by Gasteiger charge is 1.95. The lowest BCUT2D eigenvalue weighted by Gasteiger charge is -2.04. The van der Waals surface area contributed by atoms with Gasteiger partial charge in [0.15, 0.2) is 0 Å². The Morgan fingerprint density at radius 1 is 1.17 bits per heavy atom. The monoisotopic (exact) mass is 164 g/mol. The first-order valence-corrected chi connectivity index (χ1v) is 4.60. The highest BCUT2D eigenvalue weighted by molar-refractivity contribution is 5.40. The lowest BCUT2D eigenvalue weighted by Crippen LogP contribution is -1.84. The second-order valence-electron chi connectivity index (χ2n) is 3.20. The van der Waals surface area contributed by atoms with Crippen LogP contribution in [0, 0.1) is 0 Å². The summed E-state index contributed by atoms with van der Waals surface area (Å²) in [5, 5.41) is 0. The van der Waals surface area contributed by atoms with Crippen LogP contribution in [0.15, 0.2) is 34.9 Å². The van der Waals surface area contributed by atoms with Gasteiger partial charge < -0.3 is 0 Å². The van der Waals surface area contributed by atoms with Crippen LogP contribution in [-0.2, 0) is 0 Å². The van der Waals surface area contributed by atoms with Crippen molar-refractivity contribution in [2.75, 3.05) is 0 Å². The van der Waals surface area contributed by atoms with Crippen molar-refractivity contribution >= 4 is 0 Å². The average Bonchev–Trinajstić information content (AvgIpc) is 2.04. The van der Waals surface area contributed by atoms with E-state index in [0.29, 0.717) is 0 Å². The minimum absolute atomic E-state index is 1.10. The average molecular weight is 164 g/mol. The van der Waals surface area contributed by atoms with Gasteiger partial charge in [0.2, 0.25) is 0 Å². The normalized spacial score (nSPS) is 12.2. The van der Waals surface area contributed by atoms with Crippen molar-refractivity contribution in [3.8, 4) is 0 Å². The molecule has 0 fully saturated rings. The quantitative estimate of drug-likeness (QED) is 0.547. The van der Waals surface area contributed by atoms with Gasteiger partial charge in [0, 0.05) is 0 Å². The molecule has 0 saturated carbocycles. The van der Waals surface area contributed by atoms with Crippen LogP contribution in [0.1, 0.15) is 41.0 Å². The first-order valence-electron chi connectivity index (χ1n) is 4.60. The third-order valence-corrected chi connectivity index (χ3v) is 1.92. The molecule has 0 N–H and O–H groups in total. The van der Waals surface area contributed by atoms with Gasteiger partial charge in [-0.1, -0.05) is 30.7 Å². The Hall–Kier alpha value is -0.780. The van der Waals surface area contributed by atoms with Gasteiger partial charge in [-0.3, -0.25) is 0 Å². The zero-order chi connectivity index (χ0) is 9.56. The van der Waals surface area contributed by atoms with Gasteiger partial charge in [0.1, 0.15) is 0 Å². The van der Waals surface area contributed by atoms with E-state index >= 15 is 0 Å². The molecule has 12 heavy (non-hydrogen) atoms. The molecule has 0 heteroatoms. The summed E-state index contributed by atoms with van der Waals surface area (Å²) in [5.74, 6) is 0. The lowest BCUT2D eigenvalue weighted by atomic mass is 10.0. The maximum atomic E-state index is 2.21. The zero-order valence-electron chi connectivity index (χ0n) is 8.94. The Morgan fingerprint density at radius 2 is 1.75 bits per heavy atom. The highest BCUT2D eigenvalue weighted by Crippen LogP contribution is 2.15. The van der Waals surface area contributed by atoms with E-state index in [0.717, 1.165) is 6.42 Å². The molecule has 0 aliphatic carbocycles. The van der Waals surface area contributed by atoms with Gasteiger partial charge in [-0.15, -0.1) is 0 Å². The minimum atomic E-state index is 1.10. The molecule has 0 saturated heterocycles. The molecule has 0 aromatic carbocycles. The Labute approximate surface area is 76.7 Å². The van der Waals surface area contributed by atoms with Crippen LogP contribution < -0.4 is 0 Å². The van der Waals surface area contributed by atoms with Crippen LogP contribution in [0.3, 0.4) is 0 Å². The molecule has 0 aromatic rings.